The smallest absolute Gasteiger partial charge is 0.225 e. The molecule has 0 amide bonds. The van der Waals surface area contributed by atoms with Crippen LogP contribution < -0.4 is 4.90 Å². The van der Waals surface area contributed by atoms with Gasteiger partial charge in [-0.2, -0.15) is 0 Å². The second-order valence-electron chi connectivity index (χ2n) is 5.29. The zero-order valence-corrected chi connectivity index (χ0v) is 10.0. The Bertz CT molecular complexity index is 384. The van der Waals surface area contributed by atoms with E-state index >= 15 is 0 Å². The first-order valence-electron chi connectivity index (χ1n) is 6.52. The quantitative estimate of drug-likeness (QED) is 0.800. The molecular formula is C13H19N3O. The number of aromatic nitrogens is 2. The molecule has 2 fully saturated rings. The van der Waals surface area contributed by atoms with Gasteiger partial charge >= 0.3 is 0 Å². The van der Waals surface area contributed by atoms with Gasteiger partial charge in [-0.15, -0.1) is 0 Å². The molecule has 0 radical (unpaired) electrons. The molecule has 2 aliphatic rings. The van der Waals surface area contributed by atoms with Crippen molar-refractivity contribution >= 4 is 5.95 Å². The lowest BCUT2D eigenvalue weighted by Crippen LogP contribution is -2.53. The van der Waals surface area contributed by atoms with Gasteiger partial charge < -0.3 is 10.0 Å². The van der Waals surface area contributed by atoms with Crippen LogP contribution in [-0.2, 0) is 0 Å². The molecule has 2 heterocycles. The van der Waals surface area contributed by atoms with Gasteiger partial charge in [0.2, 0.25) is 5.95 Å². The molecule has 4 heteroatoms. The van der Waals surface area contributed by atoms with Crippen molar-refractivity contribution in [2.45, 2.75) is 37.7 Å². The summed E-state index contributed by atoms with van der Waals surface area (Å²) in [6, 6.07) is 1.84. The summed E-state index contributed by atoms with van der Waals surface area (Å²) in [5.41, 5.74) is -0.413. The Morgan fingerprint density at radius 3 is 2.88 bits per heavy atom. The highest BCUT2D eigenvalue weighted by Gasteiger charge is 2.43. The number of aliphatic hydroxyl groups is 1. The Balaban J connectivity index is 1.76. The normalized spacial score (nSPS) is 33.2. The van der Waals surface area contributed by atoms with Crippen LogP contribution in [-0.4, -0.2) is 33.8 Å². The molecule has 3 rings (SSSR count). The summed E-state index contributed by atoms with van der Waals surface area (Å²) >= 11 is 0. The number of nitrogens with zero attached hydrogens (tertiary/aromatic N) is 3. The molecule has 2 atom stereocenters. The first-order valence-corrected chi connectivity index (χ1v) is 6.52. The van der Waals surface area contributed by atoms with Crippen molar-refractivity contribution in [1.29, 1.82) is 0 Å². The summed E-state index contributed by atoms with van der Waals surface area (Å²) in [4.78, 5) is 10.8. The monoisotopic (exact) mass is 233 g/mol. The van der Waals surface area contributed by atoms with Gasteiger partial charge in [0, 0.05) is 31.4 Å². The third-order valence-electron chi connectivity index (χ3n) is 4.26. The van der Waals surface area contributed by atoms with Crippen LogP contribution in [0.25, 0.3) is 0 Å². The van der Waals surface area contributed by atoms with E-state index < -0.39 is 5.60 Å². The molecule has 1 aliphatic carbocycles. The van der Waals surface area contributed by atoms with E-state index in [-0.39, 0.29) is 0 Å². The second-order valence-corrected chi connectivity index (χ2v) is 5.29. The summed E-state index contributed by atoms with van der Waals surface area (Å²) < 4.78 is 0. The van der Waals surface area contributed by atoms with Gasteiger partial charge in [-0.25, -0.2) is 9.97 Å². The Kier molecular flexibility index (Phi) is 2.74. The van der Waals surface area contributed by atoms with E-state index in [2.05, 4.69) is 14.9 Å². The van der Waals surface area contributed by atoms with Gasteiger partial charge in [0.25, 0.3) is 0 Å². The molecule has 1 saturated heterocycles. The topological polar surface area (TPSA) is 49.2 Å². The van der Waals surface area contributed by atoms with Crippen molar-refractivity contribution in [3.63, 3.8) is 0 Å². The van der Waals surface area contributed by atoms with Gasteiger partial charge in [-0.3, -0.25) is 0 Å². The van der Waals surface area contributed by atoms with E-state index in [9.17, 15) is 5.11 Å². The highest BCUT2D eigenvalue weighted by Crippen LogP contribution is 2.40. The lowest BCUT2D eigenvalue weighted by molar-refractivity contribution is -0.0614. The van der Waals surface area contributed by atoms with E-state index in [0.29, 0.717) is 5.92 Å². The molecule has 17 heavy (non-hydrogen) atoms. The Labute approximate surface area is 102 Å². The number of anilines is 1. The van der Waals surface area contributed by atoms with E-state index in [1.54, 1.807) is 12.4 Å². The lowest BCUT2D eigenvalue weighted by atomic mass is 9.71. The van der Waals surface area contributed by atoms with Gasteiger partial charge in [0.05, 0.1) is 5.60 Å². The standard InChI is InChI=1S/C13H19N3O/c17-13-5-2-1-4-11(13)10-16(9-6-13)12-14-7-3-8-15-12/h3,7-8,11,17H,1-2,4-6,9-10H2. The number of piperidine rings is 1. The van der Waals surface area contributed by atoms with E-state index in [1.807, 2.05) is 6.07 Å². The molecule has 1 saturated carbocycles. The molecule has 1 aliphatic heterocycles. The first-order chi connectivity index (χ1) is 8.28. The van der Waals surface area contributed by atoms with Crippen molar-refractivity contribution in [2.24, 2.45) is 5.92 Å². The Hall–Kier alpha value is -1.16. The maximum atomic E-state index is 10.6. The second kappa shape index (κ2) is 4.26. The summed E-state index contributed by atoms with van der Waals surface area (Å²) in [5.74, 6) is 1.20. The minimum absolute atomic E-state index is 0.397. The van der Waals surface area contributed by atoms with E-state index in [0.717, 1.165) is 38.3 Å². The van der Waals surface area contributed by atoms with Gasteiger partial charge in [-0.05, 0) is 25.3 Å². The third kappa shape index (κ3) is 2.02. The highest BCUT2D eigenvalue weighted by atomic mass is 16.3. The van der Waals surface area contributed by atoms with Crippen LogP contribution in [0.3, 0.4) is 0 Å². The van der Waals surface area contributed by atoms with Crippen molar-refractivity contribution in [3.8, 4) is 0 Å². The third-order valence-corrected chi connectivity index (χ3v) is 4.26. The van der Waals surface area contributed by atoms with Crippen molar-refractivity contribution in [1.82, 2.24) is 9.97 Å². The van der Waals surface area contributed by atoms with Crippen molar-refractivity contribution in [2.75, 3.05) is 18.0 Å². The van der Waals surface area contributed by atoms with Crippen LogP contribution in [0.15, 0.2) is 18.5 Å². The summed E-state index contributed by atoms with van der Waals surface area (Å²) in [7, 11) is 0. The molecule has 1 N–H and O–H groups in total. The predicted molar refractivity (Wildman–Crippen MR) is 65.8 cm³/mol. The first kappa shape index (κ1) is 11.0. The fourth-order valence-electron chi connectivity index (χ4n) is 3.21. The largest absolute Gasteiger partial charge is 0.389 e. The molecule has 2 unspecified atom stereocenters. The molecule has 0 spiro atoms. The van der Waals surface area contributed by atoms with Gasteiger partial charge in [-0.1, -0.05) is 12.8 Å². The van der Waals surface area contributed by atoms with Crippen LogP contribution in [0, 0.1) is 5.92 Å². The molecule has 1 aromatic rings. The molecule has 0 aromatic carbocycles. The Morgan fingerprint density at radius 1 is 1.24 bits per heavy atom. The van der Waals surface area contributed by atoms with Crippen LogP contribution in [0.1, 0.15) is 32.1 Å². The summed E-state index contributed by atoms with van der Waals surface area (Å²) in [5, 5.41) is 10.6. The number of fused-ring (bicyclic) bond motifs is 1. The zero-order chi connectivity index (χ0) is 11.7. The van der Waals surface area contributed by atoms with Crippen LogP contribution in [0.4, 0.5) is 5.95 Å². The highest BCUT2D eigenvalue weighted by molar-refractivity contribution is 5.30. The molecule has 1 aromatic heterocycles. The lowest BCUT2D eigenvalue weighted by Gasteiger charge is -2.47. The minimum Gasteiger partial charge on any atom is -0.389 e. The fourth-order valence-corrected chi connectivity index (χ4v) is 3.21. The SMILES string of the molecule is OC12CCCCC1CN(c1ncccn1)CC2. The zero-order valence-electron chi connectivity index (χ0n) is 10.0. The number of rotatable bonds is 1. The maximum absolute atomic E-state index is 10.6. The molecule has 92 valence electrons. The fraction of sp³-hybridized carbons (Fsp3) is 0.692. The predicted octanol–water partition coefficient (Wildman–Crippen LogP) is 1.61. The number of hydrogen-bond donors (Lipinski definition) is 1. The average Bonchev–Trinajstić information content (AvgIpc) is 2.39. The van der Waals surface area contributed by atoms with Gasteiger partial charge in [0.1, 0.15) is 0 Å². The maximum Gasteiger partial charge on any atom is 0.225 e. The van der Waals surface area contributed by atoms with Crippen molar-refractivity contribution in [3.05, 3.63) is 18.5 Å². The number of hydrogen-bond acceptors (Lipinski definition) is 4. The van der Waals surface area contributed by atoms with Crippen LogP contribution in [0.2, 0.25) is 0 Å². The van der Waals surface area contributed by atoms with Crippen LogP contribution >= 0.6 is 0 Å². The van der Waals surface area contributed by atoms with Gasteiger partial charge in [0.15, 0.2) is 0 Å². The van der Waals surface area contributed by atoms with E-state index in [1.165, 1.54) is 12.8 Å². The van der Waals surface area contributed by atoms with E-state index in [4.69, 9.17) is 0 Å². The van der Waals surface area contributed by atoms with Crippen LogP contribution in [0.5, 0.6) is 0 Å². The average molecular weight is 233 g/mol. The Morgan fingerprint density at radius 2 is 2.06 bits per heavy atom. The molecule has 4 nitrogen and oxygen atoms in total. The molecule has 0 bridgehead atoms. The summed E-state index contributed by atoms with van der Waals surface area (Å²) in [6.45, 7) is 1.78. The van der Waals surface area contributed by atoms with Crippen molar-refractivity contribution < 1.29 is 5.11 Å². The molecular weight excluding hydrogens is 214 g/mol. The summed E-state index contributed by atoms with van der Waals surface area (Å²) in [6.07, 6.45) is 8.95. The minimum atomic E-state index is -0.413.